The number of pyridine rings is 1. The normalized spacial score (nSPS) is 15.4. The summed E-state index contributed by atoms with van der Waals surface area (Å²) in [5.74, 6) is 3.98. The van der Waals surface area contributed by atoms with Crippen LogP contribution in [0.4, 0.5) is 17.5 Å². The summed E-state index contributed by atoms with van der Waals surface area (Å²) in [6.45, 7) is 8.19. The van der Waals surface area contributed by atoms with Crippen molar-refractivity contribution in [3.8, 4) is 23.7 Å². The number of fused-ring (bicyclic) bond motifs is 3. The molecule has 8 heteroatoms. The van der Waals surface area contributed by atoms with E-state index in [1.54, 1.807) is 0 Å². The molecule has 0 unspecified atom stereocenters. The van der Waals surface area contributed by atoms with Crippen molar-refractivity contribution >= 4 is 17.5 Å². The molecular weight excluding hydrogens is 388 g/mol. The van der Waals surface area contributed by atoms with E-state index < -0.39 is 0 Å². The standard InChI is InChI=1S/C23H26N8/c1-4-19-18-7-5-16-13-26-23(28-21(16)22(18)31(29-19)15(2)3)27-20-8-6-17(14-25-20)30-11-9-24-10-12-30/h1,6,8,13-15,24H,5,7,9-12H2,2-3H3,(H,25,26,27,28). The monoisotopic (exact) mass is 414 g/mol. The molecular formula is C23H26N8. The van der Waals surface area contributed by atoms with Crippen LogP contribution in [0.1, 0.15) is 36.7 Å². The van der Waals surface area contributed by atoms with Crippen LogP contribution in [-0.4, -0.2) is 50.9 Å². The first-order chi connectivity index (χ1) is 15.1. The zero-order valence-electron chi connectivity index (χ0n) is 17.9. The molecule has 31 heavy (non-hydrogen) atoms. The van der Waals surface area contributed by atoms with Crippen LogP contribution < -0.4 is 15.5 Å². The van der Waals surface area contributed by atoms with Crippen LogP contribution in [0.15, 0.2) is 24.5 Å². The van der Waals surface area contributed by atoms with Crippen LogP contribution >= 0.6 is 0 Å². The maximum absolute atomic E-state index is 5.72. The van der Waals surface area contributed by atoms with Crippen molar-refractivity contribution < 1.29 is 0 Å². The van der Waals surface area contributed by atoms with Crippen LogP contribution in [0.3, 0.4) is 0 Å². The maximum atomic E-state index is 5.72. The van der Waals surface area contributed by atoms with Crippen molar-refractivity contribution in [3.63, 3.8) is 0 Å². The number of rotatable bonds is 4. The molecule has 0 saturated carbocycles. The van der Waals surface area contributed by atoms with Crippen molar-refractivity contribution in [2.24, 2.45) is 0 Å². The topological polar surface area (TPSA) is 83.8 Å². The average molecular weight is 415 g/mol. The van der Waals surface area contributed by atoms with E-state index in [0.717, 1.165) is 73.0 Å². The maximum Gasteiger partial charge on any atom is 0.228 e. The molecule has 4 heterocycles. The molecule has 3 aromatic heterocycles. The summed E-state index contributed by atoms with van der Waals surface area (Å²) in [5.41, 5.74) is 5.98. The summed E-state index contributed by atoms with van der Waals surface area (Å²) in [6.07, 6.45) is 11.2. The van der Waals surface area contributed by atoms with Gasteiger partial charge in [0.05, 0.1) is 23.3 Å². The SMILES string of the molecule is C#Cc1nn(C(C)C)c2c1CCc1cnc(Nc3ccc(N4CCNCC4)cn3)nc1-2. The van der Waals surface area contributed by atoms with Gasteiger partial charge in [-0.2, -0.15) is 5.10 Å². The fraction of sp³-hybridized carbons (Fsp3) is 0.391. The van der Waals surface area contributed by atoms with Crippen LogP contribution in [0.25, 0.3) is 11.4 Å². The summed E-state index contributed by atoms with van der Waals surface area (Å²) in [4.78, 5) is 16.3. The second-order valence-corrected chi connectivity index (χ2v) is 8.19. The molecule has 3 aromatic rings. The van der Waals surface area contributed by atoms with E-state index in [0.29, 0.717) is 11.6 Å². The van der Waals surface area contributed by atoms with Crippen LogP contribution in [-0.2, 0) is 12.8 Å². The Morgan fingerprint density at radius 1 is 1.13 bits per heavy atom. The Hall–Kier alpha value is -3.44. The van der Waals surface area contributed by atoms with Crippen LogP contribution in [0.5, 0.6) is 0 Å². The van der Waals surface area contributed by atoms with Gasteiger partial charge in [0.2, 0.25) is 5.95 Å². The Kier molecular flexibility index (Phi) is 5.04. The predicted molar refractivity (Wildman–Crippen MR) is 122 cm³/mol. The summed E-state index contributed by atoms with van der Waals surface area (Å²) in [7, 11) is 0. The van der Waals surface area contributed by atoms with E-state index in [2.05, 4.69) is 56.4 Å². The number of aromatic nitrogens is 5. The number of hydrogen-bond acceptors (Lipinski definition) is 7. The van der Waals surface area contributed by atoms with Crippen molar-refractivity contribution in [3.05, 3.63) is 41.3 Å². The molecule has 5 rings (SSSR count). The fourth-order valence-electron chi connectivity index (χ4n) is 4.25. The molecule has 0 spiro atoms. The number of hydrogen-bond donors (Lipinski definition) is 2. The lowest BCUT2D eigenvalue weighted by molar-refractivity contribution is 0.535. The fourth-order valence-corrected chi connectivity index (χ4v) is 4.25. The lowest BCUT2D eigenvalue weighted by Crippen LogP contribution is -2.43. The molecule has 1 saturated heterocycles. The highest BCUT2D eigenvalue weighted by Gasteiger charge is 2.27. The van der Waals surface area contributed by atoms with Gasteiger partial charge < -0.3 is 15.5 Å². The molecule has 2 N–H and O–H groups in total. The molecule has 1 fully saturated rings. The summed E-state index contributed by atoms with van der Waals surface area (Å²) < 4.78 is 1.99. The summed E-state index contributed by atoms with van der Waals surface area (Å²) in [5, 5.41) is 11.3. The number of nitrogens with one attached hydrogen (secondary N) is 2. The first-order valence-electron chi connectivity index (χ1n) is 10.8. The molecule has 0 atom stereocenters. The zero-order chi connectivity index (χ0) is 21.4. The number of piperazine rings is 1. The molecule has 1 aliphatic heterocycles. The smallest absolute Gasteiger partial charge is 0.228 e. The minimum atomic E-state index is 0.187. The minimum Gasteiger partial charge on any atom is -0.368 e. The highest BCUT2D eigenvalue weighted by molar-refractivity contribution is 5.70. The minimum absolute atomic E-state index is 0.187. The Labute approximate surface area is 182 Å². The molecule has 158 valence electrons. The van der Waals surface area contributed by atoms with E-state index in [1.165, 1.54) is 0 Å². The molecule has 2 aliphatic rings. The first-order valence-corrected chi connectivity index (χ1v) is 10.8. The van der Waals surface area contributed by atoms with Crippen LogP contribution in [0, 0.1) is 12.3 Å². The van der Waals surface area contributed by atoms with Gasteiger partial charge >= 0.3 is 0 Å². The van der Waals surface area contributed by atoms with Gasteiger partial charge in [-0.05, 0) is 50.3 Å². The number of anilines is 3. The third-order valence-corrected chi connectivity index (χ3v) is 5.84. The third kappa shape index (κ3) is 3.62. The Bertz CT molecular complexity index is 1130. The second-order valence-electron chi connectivity index (χ2n) is 8.19. The van der Waals surface area contributed by atoms with Crippen molar-refractivity contribution in [2.75, 3.05) is 36.4 Å². The molecule has 0 bridgehead atoms. The van der Waals surface area contributed by atoms with Gasteiger partial charge in [0.25, 0.3) is 0 Å². The Morgan fingerprint density at radius 3 is 2.68 bits per heavy atom. The van der Waals surface area contributed by atoms with Gasteiger partial charge in [0.15, 0.2) is 0 Å². The van der Waals surface area contributed by atoms with Crippen molar-refractivity contribution in [1.82, 2.24) is 30.0 Å². The molecule has 0 aromatic carbocycles. The van der Waals surface area contributed by atoms with E-state index in [4.69, 9.17) is 11.4 Å². The van der Waals surface area contributed by atoms with Crippen molar-refractivity contribution in [2.45, 2.75) is 32.7 Å². The largest absolute Gasteiger partial charge is 0.368 e. The summed E-state index contributed by atoms with van der Waals surface area (Å²) >= 11 is 0. The lowest BCUT2D eigenvalue weighted by Gasteiger charge is -2.29. The number of nitrogens with zero attached hydrogens (tertiary/aromatic N) is 6. The number of terminal acetylenes is 1. The summed E-state index contributed by atoms with van der Waals surface area (Å²) in [6, 6.07) is 4.25. The first kappa shape index (κ1) is 19.5. The zero-order valence-corrected chi connectivity index (χ0v) is 17.9. The highest BCUT2D eigenvalue weighted by Crippen LogP contribution is 2.35. The van der Waals surface area contributed by atoms with Gasteiger partial charge in [-0.15, -0.1) is 6.42 Å². The van der Waals surface area contributed by atoms with Gasteiger partial charge in [-0.3, -0.25) is 4.68 Å². The predicted octanol–water partition coefficient (Wildman–Crippen LogP) is 2.55. The van der Waals surface area contributed by atoms with Crippen molar-refractivity contribution in [1.29, 1.82) is 0 Å². The van der Waals surface area contributed by atoms with E-state index in [9.17, 15) is 0 Å². The molecule has 0 radical (unpaired) electrons. The number of aryl methyl sites for hydroxylation is 1. The average Bonchev–Trinajstić information content (AvgIpc) is 3.20. The Balaban J connectivity index is 1.43. The van der Waals surface area contributed by atoms with Gasteiger partial charge in [-0.25, -0.2) is 15.0 Å². The van der Waals surface area contributed by atoms with E-state index in [-0.39, 0.29) is 6.04 Å². The van der Waals surface area contributed by atoms with Crippen LogP contribution in [0.2, 0.25) is 0 Å². The van der Waals surface area contributed by atoms with Gasteiger partial charge in [0, 0.05) is 44.0 Å². The third-order valence-electron chi connectivity index (χ3n) is 5.84. The molecule has 0 amide bonds. The highest BCUT2D eigenvalue weighted by atomic mass is 15.3. The second kappa shape index (κ2) is 8.00. The molecule has 1 aliphatic carbocycles. The van der Waals surface area contributed by atoms with E-state index >= 15 is 0 Å². The lowest BCUT2D eigenvalue weighted by atomic mass is 9.93. The quantitative estimate of drug-likeness (QED) is 0.635. The van der Waals surface area contributed by atoms with Gasteiger partial charge in [-0.1, -0.05) is 0 Å². The Morgan fingerprint density at radius 2 is 1.97 bits per heavy atom. The molecule has 8 nitrogen and oxygen atoms in total. The van der Waals surface area contributed by atoms with Gasteiger partial charge in [0.1, 0.15) is 11.5 Å². The van der Waals surface area contributed by atoms with E-state index in [1.807, 2.05) is 23.1 Å².